The van der Waals surface area contributed by atoms with Crippen molar-refractivity contribution in [3.8, 4) is 28.1 Å². The van der Waals surface area contributed by atoms with Crippen LogP contribution in [0.4, 0.5) is 9.52 Å². The van der Waals surface area contributed by atoms with Gasteiger partial charge in [0, 0.05) is 30.9 Å². The smallest absolute Gasteiger partial charge is 0.298 e. The van der Waals surface area contributed by atoms with E-state index in [9.17, 15) is 9.18 Å². The Morgan fingerprint density at radius 3 is 2.97 bits per heavy atom. The summed E-state index contributed by atoms with van der Waals surface area (Å²) in [5.74, 6) is 0.365. The van der Waals surface area contributed by atoms with Gasteiger partial charge in [0.05, 0.1) is 22.6 Å². The Balaban J connectivity index is 1.49. The Bertz CT molecular complexity index is 1250. The first-order valence-corrected chi connectivity index (χ1v) is 10.9. The first kappa shape index (κ1) is 20.5. The van der Waals surface area contributed by atoms with Crippen molar-refractivity contribution in [2.45, 2.75) is 18.6 Å². The summed E-state index contributed by atoms with van der Waals surface area (Å²) in [6.07, 6.45) is 3.19. The summed E-state index contributed by atoms with van der Waals surface area (Å²) in [6, 6.07) is 7.11. The SMILES string of the molecule is CN(c1nc2nnc(-c3ccc(-c4cn[nH]c4)cc3OC=O)cc2s1)[C@@H]1CCNC[C@H]1F. The van der Waals surface area contributed by atoms with Gasteiger partial charge in [0.2, 0.25) is 0 Å². The number of carbonyl (C=O) groups is 1. The number of nitrogens with one attached hydrogen (secondary N) is 2. The molecule has 1 aliphatic heterocycles. The number of halogens is 1. The topological polar surface area (TPSA) is 109 Å². The monoisotopic (exact) mass is 453 g/mol. The van der Waals surface area contributed by atoms with E-state index in [1.54, 1.807) is 18.5 Å². The molecule has 0 amide bonds. The third-order valence-electron chi connectivity index (χ3n) is 5.58. The minimum absolute atomic E-state index is 0.229. The third kappa shape index (κ3) is 3.80. The van der Waals surface area contributed by atoms with Crippen molar-refractivity contribution in [2.75, 3.05) is 25.0 Å². The molecule has 0 aliphatic carbocycles. The number of thiazole rings is 1. The second-order valence-corrected chi connectivity index (χ2v) is 8.52. The second kappa shape index (κ2) is 8.60. The highest BCUT2D eigenvalue weighted by molar-refractivity contribution is 7.22. The molecule has 1 fully saturated rings. The predicted octanol–water partition coefficient (Wildman–Crippen LogP) is 2.81. The highest BCUT2D eigenvalue weighted by atomic mass is 32.1. The molecule has 5 rings (SSSR count). The molecule has 1 aromatic carbocycles. The fourth-order valence-electron chi connectivity index (χ4n) is 3.87. The van der Waals surface area contributed by atoms with E-state index in [4.69, 9.17) is 4.74 Å². The summed E-state index contributed by atoms with van der Waals surface area (Å²) >= 11 is 1.43. The zero-order valence-electron chi connectivity index (χ0n) is 17.2. The van der Waals surface area contributed by atoms with Crippen LogP contribution in [0.2, 0.25) is 0 Å². The molecule has 164 valence electrons. The van der Waals surface area contributed by atoms with Crippen LogP contribution in [0.5, 0.6) is 5.75 Å². The largest absolute Gasteiger partial charge is 0.428 e. The third-order valence-corrected chi connectivity index (χ3v) is 6.66. The quantitative estimate of drug-likeness (QED) is 0.429. The molecule has 3 aromatic heterocycles. The number of hydrogen-bond donors (Lipinski definition) is 2. The number of aromatic amines is 1. The Labute approximate surface area is 186 Å². The lowest BCUT2D eigenvalue weighted by Gasteiger charge is -2.33. The molecule has 4 heterocycles. The second-order valence-electron chi connectivity index (χ2n) is 7.51. The molecule has 2 atom stereocenters. The van der Waals surface area contributed by atoms with Crippen molar-refractivity contribution in [3.05, 3.63) is 36.7 Å². The zero-order chi connectivity index (χ0) is 22.1. The molecule has 0 saturated carbocycles. The number of aromatic nitrogens is 5. The van der Waals surface area contributed by atoms with Gasteiger partial charge in [0.15, 0.2) is 10.8 Å². The van der Waals surface area contributed by atoms with E-state index in [0.29, 0.717) is 47.2 Å². The van der Waals surface area contributed by atoms with Gasteiger partial charge in [-0.25, -0.2) is 4.39 Å². The molecular weight excluding hydrogens is 433 g/mol. The van der Waals surface area contributed by atoms with Crippen molar-refractivity contribution >= 4 is 33.3 Å². The fourth-order valence-corrected chi connectivity index (χ4v) is 4.83. The van der Waals surface area contributed by atoms with E-state index in [1.165, 1.54) is 11.3 Å². The van der Waals surface area contributed by atoms with Gasteiger partial charge in [-0.05, 0) is 36.7 Å². The van der Waals surface area contributed by atoms with Crippen LogP contribution in [0.25, 0.3) is 32.7 Å². The molecular formula is C21H20FN7O2S. The van der Waals surface area contributed by atoms with Crippen LogP contribution in [0.15, 0.2) is 36.7 Å². The predicted molar refractivity (Wildman–Crippen MR) is 119 cm³/mol. The number of H-pyrrole nitrogens is 1. The van der Waals surface area contributed by atoms with Gasteiger partial charge in [0.25, 0.3) is 6.47 Å². The first-order chi connectivity index (χ1) is 15.6. The average Bonchev–Trinajstić information content (AvgIpc) is 3.49. The van der Waals surface area contributed by atoms with Gasteiger partial charge in [0.1, 0.15) is 11.9 Å². The maximum atomic E-state index is 14.4. The van der Waals surface area contributed by atoms with E-state index in [2.05, 4.69) is 30.7 Å². The van der Waals surface area contributed by atoms with Crippen molar-refractivity contribution in [3.63, 3.8) is 0 Å². The standard InChI is InChI=1S/C21H20FN7O2S/c1-29(17-4-5-23-10-15(17)22)21-26-20-19(32-21)7-16(27-28-20)14-3-2-12(6-18(14)31-11-30)13-8-24-25-9-13/h2-3,6-9,11,15,17,23H,4-5,10H2,1H3,(H,24,25)/t15-,17-/m1/s1. The number of piperidine rings is 1. The highest BCUT2D eigenvalue weighted by Crippen LogP contribution is 2.36. The molecule has 0 unspecified atom stereocenters. The molecule has 0 radical (unpaired) electrons. The van der Waals surface area contributed by atoms with Crippen LogP contribution in [0.1, 0.15) is 6.42 Å². The van der Waals surface area contributed by atoms with Crippen molar-refractivity contribution < 1.29 is 13.9 Å². The van der Waals surface area contributed by atoms with Gasteiger partial charge in [-0.3, -0.25) is 9.89 Å². The van der Waals surface area contributed by atoms with Crippen molar-refractivity contribution in [1.82, 2.24) is 30.7 Å². The van der Waals surface area contributed by atoms with Gasteiger partial charge >= 0.3 is 0 Å². The van der Waals surface area contributed by atoms with Crippen LogP contribution < -0.4 is 15.0 Å². The zero-order valence-corrected chi connectivity index (χ0v) is 18.0. The van der Waals surface area contributed by atoms with Gasteiger partial charge in [-0.1, -0.05) is 17.4 Å². The molecule has 1 aliphatic rings. The molecule has 1 saturated heterocycles. The molecule has 2 N–H and O–H groups in total. The average molecular weight is 454 g/mol. The summed E-state index contributed by atoms with van der Waals surface area (Å²) in [5, 5.41) is 19.0. The summed E-state index contributed by atoms with van der Waals surface area (Å²) in [5.41, 5.74) is 3.39. The number of benzene rings is 1. The van der Waals surface area contributed by atoms with E-state index >= 15 is 0 Å². The number of anilines is 1. The summed E-state index contributed by atoms with van der Waals surface area (Å²) in [4.78, 5) is 17.5. The lowest BCUT2D eigenvalue weighted by molar-refractivity contribution is -0.120. The van der Waals surface area contributed by atoms with E-state index in [-0.39, 0.29) is 6.04 Å². The van der Waals surface area contributed by atoms with Crippen LogP contribution in [-0.4, -0.2) is 64.2 Å². The molecule has 0 bridgehead atoms. The molecule has 32 heavy (non-hydrogen) atoms. The molecule has 0 spiro atoms. The minimum Gasteiger partial charge on any atom is -0.428 e. The lowest BCUT2D eigenvalue weighted by Crippen LogP contribution is -2.49. The highest BCUT2D eigenvalue weighted by Gasteiger charge is 2.30. The van der Waals surface area contributed by atoms with Gasteiger partial charge in [-0.15, -0.1) is 10.2 Å². The fraction of sp³-hybridized carbons (Fsp3) is 0.286. The van der Waals surface area contributed by atoms with Crippen molar-refractivity contribution in [1.29, 1.82) is 0 Å². The first-order valence-electron chi connectivity index (χ1n) is 10.1. The minimum atomic E-state index is -0.959. The molecule has 11 heteroatoms. The summed E-state index contributed by atoms with van der Waals surface area (Å²) in [7, 11) is 1.86. The summed E-state index contributed by atoms with van der Waals surface area (Å²) in [6.45, 7) is 1.51. The molecule has 4 aromatic rings. The van der Waals surface area contributed by atoms with Crippen LogP contribution >= 0.6 is 11.3 Å². The molecule has 9 nitrogen and oxygen atoms in total. The Hall–Kier alpha value is -3.44. The van der Waals surface area contributed by atoms with Crippen LogP contribution in [-0.2, 0) is 4.79 Å². The number of fused-ring (bicyclic) bond motifs is 1. The maximum Gasteiger partial charge on any atom is 0.298 e. The number of rotatable bonds is 6. The van der Waals surface area contributed by atoms with Crippen molar-refractivity contribution in [2.24, 2.45) is 0 Å². The number of alkyl halides is 1. The number of hydrogen-bond acceptors (Lipinski definition) is 9. The van der Waals surface area contributed by atoms with Crippen LogP contribution in [0.3, 0.4) is 0 Å². The lowest BCUT2D eigenvalue weighted by atomic mass is 10.0. The summed E-state index contributed by atoms with van der Waals surface area (Å²) < 4.78 is 20.4. The van der Waals surface area contributed by atoms with Gasteiger partial charge in [-0.2, -0.15) is 10.1 Å². The Morgan fingerprint density at radius 2 is 2.19 bits per heavy atom. The van der Waals surface area contributed by atoms with Crippen LogP contribution in [0, 0.1) is 0 Å². The maximum absolute atomic E-state index is 14.4. The number of nitrogens with zero attached hydrogens (tertiary/aromatic N) is 5. The van der Waals surface area contributed by atoms with E-state index in [0.717, 1.165) is 22.4 Å². The van der Waals surface area contributed by atoms with Gasteiger partial charge < -0.3 is 15.0 Å². The van der Waals surface area contributed by atoms with E-state index in [1.807, 2.05) is 30.1 Å². The normalized spacial score (nSPS) is 18.6. The number of ether oxygens (including phenoxy) is 1. The number of carbonyl (C=O) groups excluding carboxylic acids is 1. The van der Waals surface area contributed by atoms with E-state index < -0.39 is 6.17 Å². The Morgan fingerprint density at radius 1 is 1.28 bits per heavy atom. The Kier molecular flexibility index (Phi) is 5.50.